The van der Waals surface area contributed by atoms with Crippen LogP contribution >= 0.6 is 12.4 Å². The lowest BCUT2D eigenvalue weighted by molar-refractivity contribution is 0.198. The van der Waals surface area contributed by atoms with Crippen molar-refractivity contribution >= 4 is 23.3 Å². The molecule has 0 unspecified atom stereocenters. The van der Waals surface area contributed by atoms with E-state index in [1.165, 1.54) is 6.20 Å². The first-order chi connectivity index (χ1) is 5.79. The molecule has 0 saturated heterocycles. The zero-order valence-corrected chi connectivity index (χ0v) is 7.58. The first-order valence-electron chi connectivity index (χ1n) is 3.63. The SMILES string of the molecule is Cl.N=c1ccn(O)c2ccccc12. The summed E-state index contributed by atoms with van der Waals surface area (Å²) in [5.74, 6) is 0. The summed E-state index contributed by atoms with van der Waals surface area (Å²) in [5, 5.41) is 18.0. The van der Waals surface area contributed by atoms with Gasteiger partial charge in [0.1, 0.15) is 0 Å². The number of hydrogen-bond donors (Lipinski definition) is 2. The van der Waals surface area contributed by atoms with Crippen LogP contribution < -0.4 is 5.36 Å². The average Bonchev–Trinajstić information content (AvgIpc) is 2.12. The van der Waals surface area contributed by atoms with Crippen molar-refractivity contribution in [3.8, 4) is 0 Å². The van der Waals surface area contributed by atoms with Crippen LogP contribution in [0.3, 0.4) is 0 Å². The van der Waals surface area contributed by atoms with Crippen LogP contribution in [-0.4, -0.2) is 9.94 Å². The van der Waals surface area contributed by atoms with Crippen LogP contribution in [0.4, 0.5) is 0 Å². The normalized spacial score (nSPS) is 9.54. The van der Waals surface area contributed by atoms with Crippen LogP contribution in [0.5, 0.6) is 0 Å². The highest BCUT2D eigenvalue weighted by atomic mass is 35.5. The zero-order chi connectivity index (χ0) is 8.55. The number of para-hydroxylation sites is 1. The van der Waals surface area contributed by atoms with Crippen molar-refractivity contribution in [1.82, 2.24) is 4.73 Å². The van der Waals surface area contributed by atoms with Gasteiger partial charge in [0.05, 0.1) is 10.9 Å². The summed E-state index contributed by atoms with van der Waals surface area (Å²) in [4.78, 5) is 0. The van der Waals surface area contributed by atoms with Crippen molar-refractivity contribution in [1.29, 1.82) is 5.41 Å². The third-order valence-electron chi connectivity index (χ3n) is 1.82. The zero-order valence-electron chi connectivity index (χ0n) is 6.77. The Morgan fingerprint density at radius 2 is 1.85 bits per heavy atom. The van der Waals surface area contributed by atoms with Gasteiger partial charge in [0, 0.05) is 11.6 Å². The Morgan fingerprint density at radius 3 is 2.54 bits per heavy atom. The molecule has 1 aromatic heterocycles. The lowest BCUT2D eigenvalue weighted by Gasteiger charge is -2.01. The first kappa shape index (κ1) is 9.61. The van der Waals surface area contributed by atoms with Gasteiger partial charge in [-0.15, -0.1) is 12.4 Å². The van der Waals surface area contributed by atoms with Crippen molar-refractivity contribution in [3.63, 3.8) is 0 Å². The van der Waals surface area contributed by atoms with E-state index in [4.69, 9.17) is 5.41 Å². The average molecular weight is 197 g/mol. The fourth-order valence-electron chi connectivity index (χ4n) is 1.22. The molecule has 0 aliphatic rings. The summed E-state index contributed by atoms with van der Waals surface area (Å²) in [6, 6.07) is 8.81. The molecule has 1 aromatic carbocycles. The van der Waals surface area contributed by atoms with Gasteiger partial charge in [-0.25, -0.2) is 0 Å². The molecule has 0 aliphatic heterocycles. The molecule has 2 rings (SSSR count). The van der Waals surface area contributed by atoms with Gasteiger partial charge in [0.15, 0.2) is 0 Å². The Labute approximate surface area is 81.1 Å². The van der Waals surface area contributed by atoms with E-state index in [-0.39, 0.29) is 12.4 Å². The molecule has 3 nitrogen and oxygen atoms in total. The monoisotopic (exact) mass is 196 g/mol. The Balaban J connectivity index is 0.000000845. The lowest BCUT2D eigenvalue weighted by atomic mass is 10.2. The van der Waals surface area contributed by atoms with Crippen molar-refractivity contribution in [3.05, 3.63) is 41.9 Å². The van der Waals surface area contributed by atoms with E-state index in [9.17, 15) is 5.21 Å². The number of nitrogens with zero attached hydrogens (tertiary/aromatic N) is 1. The predicted octanol–water partition coefficient (Wildman–Crippen LogP) is 1.78. The lowest BCUT2D eigenvalue weighted by Crippen LogP contribution is -2.05. The maximum Gasteiger partial charge on any atom is 0.0886 e. The smallest absolute Gasteiger partial charge is 0.0886 e. The number of aromatic nitrogens is 1. The number of halogens is 1. The van der Waals surface area contributed by atoms with E-state index in [1.54, 1.807) is 12.1 Å². The number of pyridine rings is 1. The Bertz CT molecular complexity index is 478. The van der Waals surface area contributed by atoms with Gasteiger partial charge in [-0.05, 0) is 12.1 Å². The van der Waals surface area contributed by atoms with Gasteiger partial charge < -0.3 is 10.6 Å². The van der Waals surface area contributed by atoms with Crippen molar-refractivity contribution in [2.45, 2.75) is 0 Å². The molecule has 0 fully saturated rings. The van der Waals surface area contributed by atoms with Crippen LogP contribution in [0.25, 0.3) is 10.9 Å². The van der Waals surface area contributed by atoms with Gasteiger partial charge in [-0.2, -0.15) is 4.73 Å². The predicted molar refractivity (Wildman–Crippen MR) is 52.2 cm³/mol. The second-order valence-electron chi connectivity index (χ2n) is 2.59. The molecule has 0 radical (unpaired) electrons. The minimum absolute atomic E-state index is 0. The van der Waals surface area contributed by atoms with Gasteiger partial charge in [0.2, 0.25) is 0 Å². The number of hydrogen-bond acceptors (Lipinski definition) is 2. The molecular weight excluding hydrogens is 188 g/mol. The fourth-order valence-corrected chi connectivity index (χ4v) is 1.22. The Morgan fingerprint density at radius 1 is 1.15 bits per heavy atom. The number of rotatable bonds is 0. The second kappa shape index (κ2) is 3.49. The maximum absolute atomic E-state index is 9.33. The van der Waals surface area contributed by atoms with Gasteiger partial charge in [-0.1, -0.05) is 18.2 Å². The van der Waals surface area contributed by atoms with Crippen LogP contribution in [-0.2, 0) is 0 Å². The largest absolute Gasteiger partial charge is 0.428 e. The van der Waals surface area contributed by atoms with E-state index >= 15 is 0 Å². The molecule has 0 atom stereocenters. The summed E-state index contributed by atoms with van der Waals surface area (Å²) in [7, 11) is 0. The molecule has 2 N–H and O–H groups in total. The van der Waals surface area contributed by atoms with Crippen molar-refractivity contribution in [2.24, 2.45) is 0 Å². The molecule has 0 aliphatic carbocycles. The van der Waals surface area contributed by atoms with E-state index < -0.39 is 0 Å². The van der Waals surface area contributed by atoms with Gasteiger partial charge in [-0.3, -0.25) is 0 Å². The van der Waals surface area contributed by atoms with E-state index in [0.717, 1.165) is 10.1 Å². The fraction of sp³-hybridized carbons (Fsp3) is 0. The number of benzene rings is 1. The Hall–Kier alpha value is -1.48. The van der Waals surface area contributed by atoms with Gasteiger partial charge >= 0.3 is 0 Å². The van der Waals surface area contributed by atoms with Crippen LogP contribution in [0, 0.1) is 5.41 Å². The molecule has 68 valence electrons. The molecule has 0 spiro atoms. The topological polar surface area (TPSA) is 49.0 Å². The van der Waals surface area contributed by atoms with Crippen molar-refractivity contribution < 1.29 is 5.21 Å². The van der Waals surface area contributed by atoms with Crippen molar-refractivity contribution in [2.75, 3.05) is 0 Å². The number of nitrogens with one attached hydrogen (secondary N) is 1. The first-order valence-corrected chi connectivity index (χ1v) is 3.63. The summed E-state index contributed by atoms with van der Waals surface area (Å²) < 4.78 is 1.02. The molecule has 0 saturated carbocycles. The molecular formula is C9H9ClN2O. The molecule has 1 heterocycles. The van der Waals surface area contributed by atoms with E-state index in [0.29, 0.717) is 10.9 Å². The van der Waals surface area contributed by atoms with Gasteiger partial charge in [0.25, 0.3) is 0 Å². The third-order valence-corrected chi connectivity index (χ3v) is 1.82. The highest BCUT2D eigenvalue weighted by Gasteiger charge is 1.96. The van der Waals surface area contributed by atoms with E-state index in [1.807, 2.05) is 18.2 Å². The molecule has 13 heavy (non-hydrogen) atoms. The third kappa shape index (κ3) is 1.51. The standard InChI is InChI=1S/C9H8N2O.ClH/c10-8-5-6-11(12)9-4-2-1-3-7(8)9;/h1-6,10,12H;1H. The van der Waals surface area contributed by atoms with Crippen LogP contribution in [0.2, 0.25) is 0 Å². The maximum atomic E-state index is 9.33. The summed E-state index contributed by atoms with van der Waals surface area (Å²) >= 11 is 0. The molecule has 0 bridgehead atoms. The summed E-state index contributed by atoms with van der Waals surface area (Å²) in [5.41, 5.74) is 0.657. The second-order valence-corrected chi connectivity index (χ2v) is 2.59. The molecule has 2 aromatic rings. The van der Waals surface area contributed by atoms with Crippen LogP contribution in [0.15, 0.2) is 36.5 Å². The Kier molecular flexibility index (Phi) is 2.58. The minimum Gasteiger partial charge on any atom is -0.428 e. The van der Waals surface area contributed by atoms with Crippen LogP contribution in [0.1, 0.15) is 0 Å². The summed E-state index contributed by atoms with van der Waals surface area (Å²) in [6.45, 7) is 0. The number of fused-ring (bicyclic) bond motifs is 1. The molecule has 0 amide bonds. The quantitative estimate of drug-likeness (QED) is 0.620. The molecule has 4 heteroatoms. The highest BCUT2D eigenvalue weighted by Crippen LogP contribution is 2.06. The highest BCUT2D eigenvalue weighted by molar-refractivity contribution is 5.85. The van der Waals surface area contributed by atoms with E-state index in [2.05, 4.69) is 0 Å². The summed E-state index contributed by atoms with van der Waals surface area (Å²) in [6.07, 6.45) is 1.46. The minimum atomic E-state index is 0.